The van der Waals surface area contributed by atoms with Crippen LogP contribution in [-0.2, 0) is 14.8 Å². The maximum Gasteiger partial charge on any atom is 0.211 e. The second-order valence-electron chi connectivity index (χ2n) is 3.53. The predicted molar refractivity (Wildman–Crippen MR) is 54.6 cm³/mol. The Hall–Kier alpha value is -0.170. The van der Waals surface area contributed by atoms with Crippen LogP contribution in [0.1, 0.15) is 6.42 Å². The van der Waals surface area contributed by atoms with Gasteiger partial charge in [0.15, 0.2) is 0 Å². The van der Waals surface area contributed by atoms with Crippen LogP contribution in [0, 0.1) is 5.92 Å². The molecule has 2 N–H and O–H groups in total. The summed E-state index contributed by atoms with van der Waals surface area (Å²) in [6.45, 7) is 2.52. The SMILES string of the molecule is COCCNS(=O)(=O)CC1CCNC1. The smallest absolute Gasteiger partial charge is 0.211 e. The van der Waals surface area contributed by atoms with E-state index >= 15 is 0 Å². The minimum atomic E-state index is -3.11. The third kappa shape index (κ3) is 4.36. The molecule has 1 atom stereocenters. The van der Waals surface area contributed by atoms with Gasteiger partial charge in [0.1, 0.15) is 0 Å². The van der Waals surface area contributed by atoms with Crippen LogP contribution >= 0.6 is 0 Å². The molecule has 0 aromatic carbocycles. The molecule has 14 heavy (non-hydrogen) atoms. The van der Waals surface area contributed by atoms with Crippen molar-refractivity contribution in [2.75, 3.05) is 39.1 Å². The van der Waals surface area contributed by atoms with Gasteiger partial charge in [0.25, 0.3) is 0 Å². The van der Waals surface area contributed by atoms with E-state index in [4.69, 9.17) is 4.74 Å². The zero-order valence-corrected chi connectivity index (χ0v) is 9.27. The zero-order chi connectivity index (χ0) is 10.4. The van der Waals surface area contributed by atoms with Gasteiger partial charge in [0.2, 0.25) is 10.0 Å². The first kappa shape index (κ1) is 11.9. The summed E-state index contributed by atoms with van der Waals surface area (Å²) in [4.78, 5) is 0. The highest BCUT2D eigenvalue weighted by molar-refractivity contribution is 7.89. The van der Waals surface area contributed by atoms with Crippen molar-refractivity contribution in [2.24, 2.45) is 5.92 Å². The van der Waals surface area contributed by atoms with E-state index in [2.05, 4.69) is 10.0 Å². The van der Waals surface area contributed by atoms with Crippen molar-refractivity contribution >= 4 is 10.0 Å². The van der Waals surface area contributed by atoms with Crippen molar-refractivity contribution in [1.29, 1.82) is 0 Å². The Morgan fingerprint density at radius 3 is 2.93 bits per heavy atom. The van der Waals surface area contributed by atoms with Crippen molar-refractivity contribution in [1.82, 2.24) is 10.0 Å². The van der Waals surface area contributed by atoms with Crippen LogP contribution in [0.3, 0.4) is 0 Å². The molecular weight excluding hydrogens is 204 g/mol. The minimum Gasteiger partial charge on any atom is -0.383 e. The van der Waals surface area contributed by atoms with E-state index in [1.807, 2.05) is 0 Å². The molecule has 5 nitrogen and oxygen atoms in total. The predicted octanol–water partition coefficient (Wildman–Crippen LogP) is -0.838. The first-order valence-electron chi connectivity index (χ1n) is 4.81. The standard InChI is InChI=1S/C8H18N2O3S/c1-13-5-4-10-14(11,12)7-8-2-3-9-6-8/h8-10H,2-7H2,1H3. The number of methoxy groups -OCH3 is 1. The lowest BCUT2D eigenvalue weighted by molar-refractivity contribution is 0.204. The summed E-state index contributed by atoms with van der Waals surface area (Å²) in [5, 5.41) is 3.15. The van der Waals surface area contributed by atoms with Crippen LogP contribution < -0.4 is 10.0 Å². The third-order valence-electron chi connectivity index (χ3n) is 2.25. The van der Waals surface area contributed by atoms with Gasteiger partial charge >= 0.3 is 0 Å². The van der Waals surface area contributed by atoms with Crippen LogP contribution in [0.25, 0.3) is 0 Å². The fourth-order valence-electron chi connectivity index (χ4n) is 1.53. The molecule has 0 bridgehead atoms. The molecular formula is C8H18N2O3S. The van der Waals surface area contributed by atoms with Crippen molar-refractivity contribution in [3.05, 3.63) is 0 Å². The molecule has 0 amide bonds. The quantitative estimate of drug-likeness (QED) is 0.575. The molecule has 0 aromatic rings. The first-order valence-corrected chi connectivity index (χ1v) is 6.46. The zero-order valence-electron chi connectivity index (χ0n) is 8.45. The van der Waals surface area contributed by atoms with Crippen molar-refractivity contribution < 1.29 is 13.2 Å². The van der Waals surface area contributed by atoms with Gasteiger partial charge in [0, 0.05) is 13.7 Å². The van der Waals surface area contributed by atoms with E-state index in [0.29, 0.717) is 13.2 Å². The van der Waals surface area contributed by atoms with Gasteiger partial charge in [0.05, 0.1) is 12.4 Å². The summed E-state index contributed by atoms with van der Waals surface area (Å²) in [7, 11) is -1.56. The van der Waals surface area contributed by atoms with Gasteiger partial charge < -0.3 is 10.1 Å². The van der Waals surface area contributed by atoms with Crippen LogP contribution in [0.4, 0.5) is 0 Å². The number of sulfonamides is 1. The molecule has 1 rings (SSSR count). The minimum absolute atomic E-state index is 0.226. The van der Waals surface area contributed by atoms with Crippen LogP contribution in [-0.4, -0.2) is 47.5 Å². The Bertz CT molecular complexity index is 247. The fraction of sp³-hybridized carbons (Fsp3) is 1.00. The van der Waals surface area contributed by atoms with Crippen LogP contribution in [0.15, 0.2) is 0 Å². The number of nitrogens with one attached hydrogen (secondary N) is 2. The number of hydrogen-bond acceptors (Lipinski definition) is 4. The Kier molecular flexibility index (Phi) is 4.80. The normalized spacial score (nSPS) is 22.8. The Balaban J connectivity index is 2.26. The highest BCUT2D eigenvalue weighted by Gasteiger charge is 2.21. The molecule has 1 saturated heterocycles. The molecule has 6 heteroatoms. The molecule has 1 aliphatic heterocycles. The maximum absolute atomic E-state index is 11.5. The van der Waals surface area contributed by atoms with E-state index < -0.39 is 10.0 Å². The van der Waals surface area contributed by atoms with Crippen LogP contribution in [0.2, 0.25) is 0 Å². The summed E-state index contributed by atoms with van der Waals surface area (Å²) >= 11 is 0. The monoisotopic (exact) mass is 222 g/mol. The Morgan fingerprint density at radius 1 is 1.57 bits per heavy atom. The number of ether oxygens (including phenoxy) is 1. The summed E-state index contributed by atoms with van der Waals surface area (Å²) in [6.07, 6.45) is 0.950. The van der Waals surface area contributed by atoms with Crippen molar-refractivity contribution in [3.63, 3.8) is 0 Å². The highest BCUT2D eigenvalue weighted by atomic mass is 32.2. The van der Waals surface area contributed by atoms with E-state index in [-0.39, 0.29) is 11.7 Å². The van der Waals surface area contributed by atoms with Crippen molar-refractivity contribution in [3.8, 4) is 0 Å². The molecule has 0 spiro atoms. The summed E-state index contributed by atoms with van der Waals surface area (Å²) in [5.41, 5.74) is 0. The Morgan fingerprint density at radius 2 is 2.36 bits per heavy atom. The van der Waals surface area contributed by atoms with Gasteiger partial charge in [-0.1, -0.05) is 0 Å². The van der Waals surface area contributed by atoms with Crippen LogP contribution in [0.5, 0.6) is 0 Å². The lowest BCUT2D eigenvalue weighted by Crippen LogP contribution is -2.32. The average Bonchev–Trinajstić information content (AvgIpc) is 2.56. The third-order valence-corrected chi connectivity index (χ3v) is 3.80. The number of rotatable bonds is 6. The largest absolute Gasteiger partial charge is 0.383 e. The molecule has 0 saturated carbocycles. The topological polar surface area (TPSA) is 67.4 Å². The van der Waals surface area contributed by atoms with E-state index in [1.54, 1.807) is 7.11 Å². The van der Waals surface area contributed by atoms with Gasteiger partial charge in [-0.3, -0.25) is 0 Å². The lowest BCUT2D eigenvalue weighted by Gasteiger charge is -2.09. The highest BCUT2D eigenvalue weighted by Crippen LogP contribution is 2.09. The molecule has 1 unspecified atom stereocenters. The van der Waals surface area contributed by atoms with Gasteiger partial charge in [-0.15, -0.1) is 0 Å². The molecule has 1 aliphatic rings. The van der Waals surface area contributed by atoms with Crippen molar-refractivity contribution in [2.45, 2.75) is 6.42 Å². The fourth-order valence-corrected chi connectivity index (χ4v) is 2.94. The molecule has 0 aromatic heterocycles. The lowest BCUT2D eigenvalue weighted by atomic mass is 10.2. The molecule has 84 valence electrons. The second-order valence-corrected chi connectivity index (χ2v) is 5.38. The van der Waals surface area contributed by atoms with Gasteiger partial charge in [-0.25, -0.2) is 13.1 Å². The summed E-state index contributed by atoms with van der Waals surface area (Å²) < 4.78 is 30.2. The molecule has 0 aliphatic carbocycles. The summed E-state index contributed by atoms with van der Waals surface area (Å²) in [6, 6.07) is 0. The summed E-state index contributed by atoms with van der Waals surface area (Å²) in [5.74, 6) is 0.485. The molecule has 1 fully saturated rings. The van der Waals surface area contributed by atoms with E-state index in [9.17, 15) is 8.42 Å². The number of hydrogen-bond donors (Lipinski definition) is 2. The van der Waals surface area contributed by atoms with E-state index in [0.717, 1.165) is 19.5 Å². The average molecular weight is 222 g/mol. The van der Waals surface area contributed by atoms with E-state index in [1.165, 1.54) is 0 Å². The maximum atomic E-state index is 11.5. The molecule has 1 heterocycles. The second kappa shape index (κ2) is 5.65. The van der Waals surface area contributed by atoms with Gasteiger partial charge in [-0.05, 0) is 25.4 Å². The Labute approximate surface area is 85.3 Å². The molecule has 0 radical (unpaired) electrons. The first-order chi connectivity index (χ1) is 6.64. The van der Waals surface area contributed by atoms with Gasteiger partial charge in [-0.2, -0.15) is 0 Å².